The van der Waals surface area contributed by atoms with Gasteiger partial charge >= 0.3 is 5.69 Å². The first-order chi connectivity index (χ1) is 6.89. The first-order valence-corrected chi connectivity index (χ1v) is 5.54. The van der Waals surface area contributed by atoms with Crippen LogP contribution in [0.1, 0.15) is 39.4 Å². The maximum absolute atomic E-state index is 11.9. The van der Waals surface area contributed by atoms with Gasteiger partial charge in [0.05, 0.1) is 0 Å². The summed E-state index contributed by atoms with van der Waals surface area (Å²) in [5.41, 5.74) is -0.0465. The Hall–Kier alpha value is -1.06. The Morgan fingerprint density at radius 3 is 2.40 bits per heavy atom. The van der Waals surface area contributed by atoms with Gasteiger partial charge in [0.1, 0.15) is 5.82 Å². The third kappa shape index (κ3) is 1.98. The lowest BCUT2D eigenvalue weighted by Crippen LogP contribution is -2.25. The fraction of sp³-hybridized carbons (Fsp3) is 0.818. The summed E-state index contributed by atoms with van der Waals surface area (Å²) >= 11 is 0. The Morgan fingerprint density at radius 2 is 2.00 bits per heavy atom. The molecule has 0 aliphatic heterocycles. The van der Waals surface area contributed by atoms with E-state index in [9.17, 15) is 4.79 Å². The summed E-state index contributed by atoms with van der Waals surface area (Å²) in [6, 6.07) is 0. The van der Waals surface area contributed by atoms with Gasteiger partial charge in [0, 0.05) is 19.0 Å². The van der Waals surface area contributed by atoms with Gasteiger partial charge in [-0.1, -0.05) is 20.8 Å². The van der Waals surface area contributed by atoms with Crippen LogP contribution in [0.5, 0.6) is 0 Å². The van der Waals surface area contributed by atoms with Gasteiger partial charge in [0.25, 0.3) is 0 Å². The molecule has 4 nitrogen and oxygen atoms in total. The van der Waals surface area contributed by atoms with E-state index in [2.05, 4.69) is 25.9 Å². The molecule has 1 aliphatic carbocycles. The summed E-state index contributed by atoms with van der Waals surface area (Å²) in [6.07, 6.45) is 2.49. The maximum Gasteiger partial charge on any atom is 0.345 e. The lowest BCUT2D eigenvalue weighted by Gasteiger charge is -2.15. The van der Waals surface area contributed by atoms with Crippen LogP contribution < -0.4 is 5.69 Å². The Kier molecular flexibility index (Phi) is 2.24. The van der Waals surface area contributed by atoms with Crippen molar-refractivity contribution in [2.45, 2.75) is 45.6 Å². The molecule has 0 saturated heterocycles. The maximum atomic E-state index is 11.9. The van der Waals surface area contributed by atoms with Crippen LogP contribution in [-0.4, -0.2) is 14.3 Å². The first kappa shape index (κ1) is 10.5. The van der Waals surface area contributed by atoms with E-state index in [1.54, 1.807) is 16.3 Å². The molecule has 2 rings (SSSR count). The Labute approximate surface area is 89.9 Å². The Bertz CT molecular complexity index is 418. The molecule has 1 aromatic heterocycles. The van der Waals surface area contributed by atoms with Gasteiger partial charge in [-0.25, -0.2) is 9.48 Å². The Morgan fingerprint density at radius 1 is 1.40 bits per heavy atom. The molecule has 0 bridgehead atoms. The minimum absolute atomic E-state index is 0.0202. The van der Waals surface area contributed by atoms with E-state index < -0.39 is 0 Å². The van der Waals surface area contributed by atoms with E-state index in [4.69, 9.17) is 0 Å². The zero-order chi connectivity index (χ0) is 11.2. The molecular weight excluding hydrogens is 190 g/mol. The molecule has 1 aromatic rings. The second kappa shape index (κ2) is 3.22. The van der Waals surface area contributed by atoms with Crippen LogP contribution in [0.25, 0.3) is 0 Å². The van der Waals surface area contributed by atoms with E-state index in [1.807, 2.05) is 0 Å². The van der Waals surface area contributed by atoms with Crippen LogP contribution in [0.15, 0.2) is 4.79 Å². The molecule has 0 amide bonds. The van der Waals surface area contributed by atoms with Crippen molar-refractivity contribution in [1.29, 1.82) is 0 Å². The number of aromatic nitrogens is 3. The van der Waals surface area contributed by atoms with Crippen molar-refractivity contribution in [2.75, 3.05) is 0 Å². The van der Waals surface area contributed by atoms with Crippen LogP contribution in [0.4, 0.5) is 0 Å². The minimum Gasteiger partial charge on any atom is -0.282 e. The molecule has 4 heteroatoms. The zero-order valence-electron chi connectivity index (χ0n) is 9.95. The standard InChI is InChI=1S/C11H19N3O/c1-11(2,3)9-12-14(7-8-5-6-8)10(15)13(9)4/h8H,5-7H2,1-4H3. The molecule has 15 heavy (non-hydrogen) atoms. The molecule has 84 valence electrons. The summed E-state index contributed by atoms with van der Waals surface area (Å²) in [7, 11) is 1.80. The van der Waals surface area contributed by atoms with Crippen LogP contribution >= 0.6 is 0 Å². The number of hydrogen-bond acceptors (Lipinski definition) is 2. The topological polar surface area (TPSA) is 39.8 Å². The number of nitrogens with zero attached hydrogens (tertiary/aromatic N) is 3. The third-order valence-corrected chi connectivity index (χ3v) is 2.84. The van der Waals surface area contributed by atoms with Crippen molar-refractivity contribution in [1.82, 2.24) is 14.3 Å². The van der Waals surface area contributed by atoms with E-state index in [0.29, 0.717) is 5.92 Å². The average molecular weight is 209 g/mol. The minimum atomic E-state index is -0.0668. The number of hydrogen-bond donors (Lipinski definition) is 0. The summed E-state index contributed by atoms with van der Waals surface area (Å²) < 4.78 is 3.29. The normalized spacial score (nSPS) is 17.1. The van der Waals surface area contributed by atoms with Crippen molar-refractivity contribution in [3.8, 4) is 0 Å². The molecule has 1 saturated carbocycles. The molecule has 0 spiro atoms. The molecule has 0 unspecified atom stereocenters. The van der Waals surface area contributed by atoms with E-state index in [0.717, 1.165) is 12.4 Å². The molecule has 0 radical (unpaired) electrons. The van der Waals surface area contributed by atoms with E-state index in [1.165, 1.54) is 12.8 Å². The highest BCUT2D eigenvalue weighted by molar-refractivity contribution is 5.01. The fourth-order valence-electron chi connectivity index (χ4n) is 1.80. The van der Waals surface area contributed by atoms with Crippen molar-refractivity contribution in [3.05, 3.63) is 16.3 Å². The van der Waals surface area contributed by atoms with Crippen LogP contribution in [0.2, 0.25) is 0 Å². The molecule has 0 atom stereocenters. The van der Waals surface area contributed by atoms with Gasteiger partial charge in [-0.2, -0.15) is 5.10 Å². The molecular formula is C11H19N3O. The van der Waals surface area contributed by atoms with Gasteiger partial charge in [-0.3, -0.25) is 4.57 Å². The number of rotatable bonds is 2. The van der Waals surface area contributed by atoms with Crippen LogP contribution in [0, 0.1) is 5.92 Å². The molecule has 0 aromatic carbocycles. The lowest BCUT2D eigenvalue weighted by molar-refractivity contribution is 0.499. The van der Waals surface area contributed by atoms with Crippen LogP contribution in [-0.2, 0) is 19.0 Å². The van der Waals surface area contributed by atoms with Crippen molar-refractivity contribution in [3.63, 3.8) is 0 Å². The molecule has 0 N–H and O–H groups in total. The summed E-state index contributed by atoms with van der Waals surface area (Å²) in [4.78, 5) is 11.9. The summed E-state index contributed by atoms with van der Waals surface area (Å²) in [5, 5.41) is 4.43. The van der Waals surface area contributed by atoms with Gasteiger partial charge < -0.3 is 0 Å². The van der Waals surface area contributed by atoms with Gasteiger partial charge in [0.15, 0.2) is 0 Å². The quantitative estimate of drug-likeness (QED) is 0.736. The molecule has 1 heterocycles. The second-order valence-corrected chi connectivity index (χ2v) is 5.54. The van der Waals surface area contributed by atoms with Crippen LogP contribution in [0.3, 0.4) is 0 Å². The van der Waals surface area contributed by atoms with Crippen molar-refractivity contribution in [2.24, 2.45) is 13.0 Å². The highest BCUT2D eigenvalue weighted by Crippen LogP contribution is 2.30. The monoisotopic (exact) mass is 209 g/mol. The van der Waals surface area contributed by atoms with Crippen molar-refractivity contribution >= 4 is 0 Å². The van der Waals surface area contributed by atoms with Gasteiger partial charge in [0.2, 0.25) is 0 Å². The first-order valence-electron chi connectivity index (χ1n) is 5.54. The van der Waals surface area contributed by atoms with E-state index in [-0.39, 0.29) is 11.1 Å². The fourth-order valence-corrected chi connectivity index (χ4v) is 1.80. The van der Waals surface area contributed by atoms with Crippen molar-refractivity contribution < 1.29 is 0 Å². The highest BCUT2D eigenvalue weighted by Gasteiger charge is 2.27. The largest absolute Gasteiger partial charge is 0.345 e. The third-order valence-electron chi connectivity index (χ3n) is 2.84. The second-order valence-electron chi connectivity index (χ2n) is 5.54. The average Bonchev–Trinajstić information content (AvgIpc) is 2.86. The molecule has 1 aliphatic rings. The summed E-state index contributed by atoms with van der Waals surface area (Å²) in [6.45, 7) is 7.03. The Balaban J connectivity index is 2.36. The highest BCUT2D eigenvalue weighted by atomic mass is 16.2. The van der Waals surface area contributed by atoms with Gasteiger partial charge in [-0.05, 0) is 18.8 Å². The van der Waals surface area contributed by atoms with Gasteiger partial charge in [-0.15, -0.1) is 0 Å². The predicted octanol–water partition coefficient (Wildman–Crippen LogP) is 1.29. The smallest absolute Gasteiger partial charge is 0.282 e. The lowest BCUT2D eigenvalue weighted by atomic mass is 9.96. The molecule has 1 fully saturated rings. The van der Waals surface area contributed by atoms with E-state index >= 15 is 0 Å². The summed E-state index contributed by atoms with van der Waals surface area (Å²) in [5.74, 6) is 1.55. The zero-order valence-corrected chi connectivity index (χ0v) is 9.95. The predicted molar refractivity (Wildman–Crippen MR) is 58.9 cm³/mol. The SMILES string of the molecule is Cn1c(C(C)(C)C)nn(CC2CC2)c1=O.